The van der Waals surface area contributed by atoms with Crippen LogP contribution in [0.1, 0.15) is 50.1 Å². The number of methoxy groups -OCH3 is 2. The largest absolute Gasteiger partial charge is 0.497 e. The number of benzene rings is 1. The summed E-state index contributed by atoms with van der Waals surface area (Å²) in [5.41, 5.74) is 1.48. The number of nitrogens with zero attached hydrogens (tertiary/aromatic N) is 2. The number of aromatic nitrogens is 1. The fourth-order valence-corrected chi connectivity index (χ4v) is 3.14. The molecule has 1 aliphatic heterocycles. The van der Waals surface area contributed by atoms with Crippen LogP contribution in [-0.4, -0.2) is 36.9 Å². The third kappa shape index (κ3) is 3.61. The van der Waals surface area contributed by atoms with Gasteiger partial charge in [0.15, 0.2) is 5.76 Å². The lowest BCUT2D eigenvalue weighted by molar-refractivity contribution is 0.195. The van der Waals surface area contributed by atoms with E-state index in [4.69, 9.17) is 14.0 Å². The summed E-state index contributed by atoms with van der Waals surface area (Å²) in [6.07, 6.45) is 1.78. The van der Waals surface area contributed by atoms with Gasteiger partial charge in [-0.3, -0.25) is 0 Å². The Morgan fingerprint density at radius 1 is 1.31 bits per heavy atom. The van der Waals surface area contributed by atoms with Crippen LogP contribution in [0.4, 0.5) is 10.5 Å². The maximum absolute atomic E-state index is 12.9. The SMILES string of the molecule is COc1ccc(OC)c(NC(=O)N2CCCC2c2cc(C(C)C)no2)c1. The molecule has 2 heterocycles. The van der Waals surface area contributed by atoms with Crippen LogP contribution in [0, 0.1) is 0 Å². The Hall–Kier alpha value is -2.70. The lowest BCUT2D eigenvalue weighted by atomic mass is 10.1. The number of amides is 2. The Kier molecular flexibility index (Phi) is 5.35. The van der Waals surface area contributed by atoms with Crippen LogP contribution in [0.5, 0.6) is 11.5 Å². The summed E-state index contributed by atoms with van der Waals surface area (Å²) in [6, 6.07) is 6.95. The van der Waals surface area contributed by atoms with Crippen molar-refractivity contribution < 1.29 is 18.8 Å². The molecule has 1 N–H and O–H groups in total. The zero-order chi connectivity index (χ0) is 18.7. The molecule has 1 aromatic heterocycles. The van der Waals surface area contributed by atoms with E-state index in [-0.39, 0.29) is 18.0 Å². The average Bonchev–Trinajstić information content (AvgIpc) is 3.30. The third-order valence-corrected chi connectivity index (χ3v) is 4.63. The molecule has 26 heavy (non-hydrogen) atoms. The van der Waals surface area contributed by atoms with Crippen molar-refractivity contribution >= 4 is 11.7 Å². The quantitative estimate of drug-likeness (QED) is 0.866. The first-order chi connectivity index (χ1) is 12.5. The van der Waals surface area contributed by atoms with E-state index in [2.05, 4.69) is 24.3 Å². The predicted molar refractivity (Wildman–Crippen MR) is 97.8 cm³/mol. The molecular weight excluding hydrogens is 334 g/mol. The monoisotopic (exact) mass is 359 g/mol. The first kappa shape index (κ1) is 18.1. The summed E-state index contributed by atoms with van der Waals surface area (Å²) >= 11 is 0. The van der Waals surface area contributed by atoms with Gasteiger partial charge in [-0.15, -0.1) is 0 Å². The fourth-order valence-electron chi connectivity index (χ4n) is 3.14. The zero-order valence-corrected chi connectivity index (χ0v) is 15.6. The molecule has 1 atom stereocenters. The van der Waals surface area contributed by atoms with Gasteiger partial charge >= 0.3 is 6.03 Å². The van der Waals surface area contributed by atoms with Gasteiger partial charge in [0, 0.05) is 18.7 Å². The van der Waals surface area contributed by atoms with Crippen molar-refractivity contribution in [3.63, 3.8) is 0 Å². The van der Waals surface area contributed by atoms with Gasteiger partial charge in [-0.1, -0.05) is 19.0 Å². The van der Waals surface area contributed by atoms with E-state index < -0.39 is 0 Å². The van der Waals surface area contributed by atoms with Crippen LogP contribution in [0.25, 0.3) is 0 Å². The first-order valence-electron chi connectivity index (χ1n) is 8.79. The summed E-state index contributed by atoms with van der Waals surface area (Å²) in [6.45, 7) is 4.80. The molecule has 1 unspecified atom stereocenters. The molecule has 0 radical (unpaired) electrons. The van der Waals surface area contributed by atoms with Crippen LogP contribution in [0.15, 0.2) is 28.8 Å². The molecule has 2 amide bonds. The zero-order valence-electron chi connectivity index (χ0n) is 15.6. The Morgan fingerprint density at radius 3 is 2.77 bits per heavy atom. The van der Waals surface area contributed by atoms with Gasteiger partial charge in [0.05, 0.1) is 31.6 Å². The third-order valence-electron chi connectivity index (χ3n) is 4.63. The summed E-state index contributed by atoms with van der Waals surface area (Å²) in [5.74, 6) is 2.25. The van der Waals surface area contributed by atoms with Crippen LogP contribution in [0.2, 0.25) is 0 Å². The molecule has 0 bridgehead atoms. The first-order valence-corrected chi connectivity index (χ1v) is 8.79. The van der Waals surface area contributed by atoms with Gasteiger partial charge in [-0.25, -0.2) is 4.79 Å². The fraction of sp³-hybridized carbons (Fsp3) is 0.474. The highest BCUT2D eigenvalue weighted by Crippen LogP contribution is 2.35. The van der Waals surface area contributed by atoms with Gasteiger partial charge < -0.3 is 24.2 Å². The molecule has 2 aromatic rings. The molecule has 1 aliphatic rings. The van der Waals surface area contributed by atoms with E-state index >= 15 is 0 Å². The van der Waals surface area contributed by atoms with Crippen molar-refractivity contribution in [1.29, 1.82) is 0 Å². The summed E-state index contributed by atoms with van der Waals surface area (Å²) in [5, 5.41) is 7.05. The van der Waals surface area contributed by atoms with Crippen LogP contribution in [0.3, 0.4) is 0 Å². The van der Waals surface area contributed by atoms with Crippen molar-refractivity contribution in [1.82, 2.24) is 10.1 Å². The van der Waals surface area contributed by atoms with E-state index in [0.29, 0.717) is 23.7 Å². The number of carbonyl (C=O) groups excluding carboxylic acids is 1. The molecule has 1 saturated heterocycles. The number of hydrogen-bond donors (Lipinski definition) is 1. The molecule has 7 nitrogen and oxygen atoms in total. The number of likely N-dealkylation sites (tertiary alicyclic amines) is 1. The topological polar surface area (TPSA) is 76.8 Å². The highest BCUT2D eigenvalue weighted by Gasteiger charge is 2.33. The Balaban J connectivity index is 1.78. The van der Waals surface area contributed by atoms with E-state index in [9.17, 15) is 4.79 Å². The van der Waals surface area contributed by atoms with E-state index in [1.807, 2.05) is 6.07 Å². The number of rotatable bonds is 5. The second kappa shape index (κ2) is 7.68. The Morgan fingerprint density at radius 2 is 2.12 bits per heavy atom. The van der Waals surface area contributed by atoms with Crippen molar-refractivity contribution in [2.24, 2.45) is 0 Å². The van der Waals surface area contributed by atoms with Crippen molar-refractivity contribution in [3.8, 4) is 11.5 Å². The minimum atomic E-state index is -0.193. The standard InChI is InChI=1S/C19H25N3O4/c1-12(2)14-11-18(26-21-14)16-6-5-9-22(16)19(23)20-15-10-13(24-3)7-8-17(15)25-4/h7-8,10-12,16H,5-6,9H2,1-4H3,(H,20,23). The van der Waals surface area contributed by atoms with Crippen LogP contribution in [-0.2, 0) is 0 Å². The smallest absolute Gasteiger partial charge is 0.322 e. The van der Waals surface area contributed by atoms with Crippen molar-refractivity contribution in [3.05, 3.63) is 35.7 Å². The number of urea groups is 1. The number of nitrogens with one attached hydrogen (secondary N) is 1. The van der Waals surface area contributed by atoms with Gasteiger partial charge in [-0.05, 0) is 30.9 Å². The number of ether oxygens (including phenoxy) is 2. The number of hydrogen-bond acceptors (Lipinski definition) is 5. The molecule has 1 fully saturated rings. The van der Waals surface area contributed by atoms with Crippen LogP contribution < -0.4 is 14.8 Å². The maximum atomic E-state index is 12.9. The molecule has 3 rings (SSSR count). The van der Waals surface area contributed by atoms with E-state index in [1.165, 1.54) is 0 Å². The summed E-state index contributed by atoms with van der Waals surface area (Å²) < 4.78 is 16.1. The van der Waals surface area contributed by atoms with Crippen molar-refractivity contribution in [2.45, 2.75) is 38.6 Å². The number of anilines is 1. The highest BCUT2D eigenvalue weighted by atomic mass is 16.5. The van der Waals surface area contributed by atoms with E-state index in [1.54, 1.807) is 37.3 Å². The molecule has 7 heteroatoms. The van der Waals surface area contributed by atoms with Gasteiger partial charge in [0.2, 0.25) is 0 Å². The van der Waals surface area contributed by atoms with E-state index in [0.717, 1.165) is 24.3 Å². The lowest BCUT2D eigenvalue weighted by Crippen LogP contribution is -2.34. The number of carbonyl (C=O) groups is 1. The molecule has 0 saturated carbocycles. The molecule has 0 aliphatic carbocycles. The molecule has 1 aromatic carbocycles. The molecule has 0 spiro atoms. The Labute approximate surface area is 153 Å². The summed E-state index contributed by atoms with van der Waals surface area (Å²) in [4.78, 5) is 14.6. The maximum Gasteiger partial charge on any atom is 0.322 e. The van der Waals surface area contributed by atoms with Gasteiger partial charge in [-0.2, -0.15) is 0 Å². The predicted octanol–water partition coefficient (Wildman–Crippen LogP) is 4.18. The Bertz CT molecular complexity index is 772. The second-order valence-corrected chi connectivity index (χ2v) is 6.66. The summed E-state index contributed by atoms with van der Waals surface area (Å²) in [7, 11) is 3.15. The van der Waals surface area contributed by atoms with Gasteiger partial charge in [0.1, 0.15) is 11.5 Å². The molecule has 140 valence electrons. The minimum Gasteiger partial charge on any atom is -0.497 e. The average molecular weight is 359 g/mol. The molecular formula is C19H25N3O4. The van der Waals surface area contributed by atoms with Crippen LogP contribution >= 0.6 is 0 Å². The normalized spacial score (nSPS) is 16.8. The highest BCUT2D eigenvalue weighted by molar-refractivity contribution is 5.91. The van der Waals surface area contributed by atoms with Gasteiger partial charge in [0.25, 0.3) is 0 Å². The lowest BCUT2D eigenvalue weighted by Gasteiger charge is -2.23. The minimum absolute atomic E-state index is 0.105. The second-order valence-electron chi connectivity index (χ2n) is 6.66. The van der Waals surface area contributed by atoms with Crippen molar-refractivity contribution in [2.75, 3.05) is 26.1 Å².